The maximum Gasteiger partial charge on any atom is 0.306 e. The van der Waals surface area contributed by atoms with E-state index in [4.69, 9.17) is 5.11 Å². The summed E-state index contributed by atoms with van der Waals surface area (Å²) >= 11 is 3.54. The maximum atomic E-state index is 10.9. The Labute approximate surface area is 116 Å². The van der Waals surface area contributed by atoms with E-state index in [1.807, 2.05) is 0 Å². The third-order valence-electron chi connectivity index (χ3n) is 3.58. The summed E-state index contributed by atoms with van der Waals surface area (Å²) in [5.74, 6) is -0.793. The van der Waals surface area contributed by atoms with Gasteiger partial charge in [0.1, 0.15) is 0 Å². The second-order valence-electron chi connectivity index (χ2n) is 4.97. The molecule has 1 saturated heterocycles. The number of rotatable bonds is 3. The second kappa shape index (κ2) is 5.85. The summed E-state index contributed by atoms with van der Waals surface area (Å²) in [6.45, 7) is 4.74. The standard InChI is InChI=1S/C14H18BrNO2/c1-10-2-3-11(8-13(10)15)9-16-6-4-12(5-7-16)14(17)18/h2-3,8,12H,4-7,9H2,1H3,(H,17,18). The van der Waals surface area contributed by atoms with E-state index in [2.05, 4.69) is 46.0 Å². The van der Waals surface area contributed by atoms with E-state index in [1.54, 1.807) is 0 Å². The third kappa shape index (κ3) is 3.33. The highest BCUT2D eigenvalue weighted by molar-refractivity contribution is 9.10. The molecule has 1 N–H and O–H groups in total. The van der Waals surface area contributed by atoms with Crippen LogP contribution in [0.4, 0.5) is 0 Å². The third-order valence-corrected chi connectivity index (χ3v) is 4.43. The number of benzene rings is 1. The molecule has 0 bridgehead atoms. The zero-order valence-corrected chi connectivity index (χ0v) is 12.1. The first-order valence-electron chi connectivity index (χ1n) is 6.26. The Morgan fingerprint density at radius 3 is 2.67 bits per heavy atom. The van der Waals surface area contributed by atoms with Crippen LogP contribution < -0.4 is 0 Å². The fourth-order valence-electron chi connectivity index (χ4n) is 2.33. The quantitative estimate of drug-likeness (QED) is 0.932. The largest absolute Gasteiger partial charge is 0.481 e. The minimum Gasteiger partial charge on any atom is -0.481 e. The van der Waals surface area contributed by atoms with Crippen molar-refractivity contribution in [2.75, 3.05) is 13.1 Å². The van der Waals surface area contributed by atoms with Gasteiger partial charge in [-0.1, -0.05) is 28.1 Å². The first kappa shape index (κ1) is 13.6. The lowest BCUT2D eigenvalue weighted by atomic mass is 9.97. The normalized spacial score (nSPS) is 17.9. The van der Waals surface area contributed by atoms with Gasteiger partial charge in [-0.25, -0.2) is 0 Å². The molecule has 0 atom stereocenters. The monoisotopic (exact) mass is 311 g/mol. The van der Waals surface area contributed by atoms with Crippen molar-refractivity contribution in [1.29, 1.82) is 0 Å². The summed E-state index contributed by atoms with van der Waals surface area (Å²) in [4.78, 5) is 13.2. The van der Waals surface area contributed by atoms with Crippen molar-refractivity contribution >= 4 is 21.9 Å². The van der Waals surface area contributed by atoms with Gasteiger partial charge in [0.25, 0.3) is 0 Å². The molecule has 1 aromatic rings. The smallest absolute Gasteiger partial charge is 0.306 e. The molecule has 18 heavy (non-hydrogen) atoms. The first-order valence-corrected chi connectivity index (χ1v) is 7.06. The molecule has 0 spiro atoms. The number of aliphatic carboxylic acids is 1. The molecule has 98 valence electrons. The van der Waals surface area contributed by atoms with Crippen molar-refractivity contribution < 1.29 is 9.90 Å². The molecule has 0 aliphatic carbocycles. The number of carbonyl (C=O) groups is 1. The molecule has 0 amide bonds. The Kier molecular flexibility index (Phi) is 4.40. The van der Waals surface area contributed by atoms with Crippen molar-refractivity contribution in [1.82, 2.24) is 4.90 Å². The number of likely N-dealkylation sites (tertiary alicyclic amines) is 1. The van der Waals surface area contributed by atoms with Crippen LogP contribution in [0.25, 0.3) is 0 Å². The van der Waals surface area contributed by atoms with Gasteiger partial charge in [0, 0.05) is 11.0 Å². The van der Waals surface area contributed by atoms with Crippen LogP contribution in [0.1, 0.15) is 24.0 Å². The van der Waals surface area contributed by atoms with E-state index >= 15 is 0 Å². The van der Waals surface area contributed by atoms with Crippen LogP contribution in [0, 0.1) is 12.8 Å². The van der Waals surface area contributed by atoms with Gasteiger partial charge in [-0.15, -0.1) is 0 Å². The predicted molar refractivity (Wildman–Crippen MR) is 74.5 cm³/mol. The summed E-state index contributed by atoms with van der Waals surface area (Å²) in [7, 11) is 0. The topological polar surface area (TPSA) is 40.5 Å². The summed E-state index contributed by atoms with van der Waals surface area (Å²) in [5.41, 5.74) is 2.52. The lowest BCUT2D eigenvalue weighted by Crippen LogP contribution is -2.35. The van der Waals surface area contributed by atoms with Crippen molar-refractivity contribution in [3.63, 3.8) is 0 Å². The zero-order chi connectivity index (χ0) is 13.1. The molecule has 0 unspecified atom stereocenters. The average Bonchev–Trinajstić information content (AvgIpc) is 2.34. The van der Waals surface area contributed by atoms with Gasteiger partial charge < -0.3 is 5.11 Å². The van der Waals surface area contributed by atoms with Crippen LogP contribution in [0.2, 0.25) is 0 Å². The molecular weight excluding hydrogens is 294 g/mol. The number of nitrogens with zero attached hydrogens (tertiary/aromatic N) is 1. The lowest BCUT2D eigenvalue weighted by molar-refractivity contribution is -0.143. The molecule has 0 saturated carbocycles. The van der Waals surface area contributed by atoms with Gasteiger partial charge in [-0.3, -0.25) is 9.69 Å². The fourth-order valence-corrected chi connectivity index (χ4v) is 2.76. The Morgan fingerprint density at radius 2 is 2.11 bits per heavy atom. The SMILES string of the molecule is Cc1ccc(CN2CCC(C(=O)O)CC2)cc1Br. The molecule has 1 aromatic carbocycles. The Balaban J connectivity index is 1.91. The van der Waals surface area contributed by atoms with Crippen LogP contribution >= 0.6 is 15.9 Å². The van der Waals surface area contributed by atoms with Gasteiger partial charge >= 0.3 is 5.97 Å². The molecule has 1 fully saturated rings. The number of hydrogen-bond acceptors (Lipinski definition) is 2. The summed E-state index contributed by atoms with van der Waals surface area (Å²) < 4.78 is 1.14. The number of carboxylic acids is 1. The number of hydrogen-bond donors (Lipinski definition) is 1. The molecule has 3 nitrogen and oxygen atoms in total. The molecule has 1 heterocycles. The maximum absolute atomic E-state index is 10.9. The molecule has 2 rings (SSSR count). The van der Waals surface area contributed by atoms with E-state index in [-0.39, 0.29) is 5.92 Å². The summed E-state index contributed by atoms with van der Waals surface area (Å²) in [6.07, 6.45) is 1.53. The van der Waals surface area contributed by atoms with Gasteiger partial charge in [-0.2, -0.15) is 0 Å². The van der Waals surface area contributed by atoms with Gasteiger partial charge in [-0.05, 0) is 50.0 Å². The minimum absolute atomic E-state index is 0.147. The van der Waals surface area contributed by atoms with Gasteiger partial charge in [0.05, 0.1) is 5.92 Å². The van der Waals surface area contributed by atoms with E-state index < -0.39 is 5.97 Å². The molecular formula is C14H18BrNO2. The van der Waals surface area contributed by atoms with Crippen LogP contribution in [-0.2, 0) is 11.3 Å². The Bertz CT molecular complexity index is 439. The highest BCUT2D eigenvalue weighted by Crippen LogP contribution is 2.22. The van der Waals surface area contributed by atoms with E-state index in [0.717, 1.165) is 36.9 Å². The summed E-state index contributed by atoms with van der Waals surface area (Å²) in [6, 6.07) is 6.41. The Morgan fingerprint density at radius 1 is 1.44 bits per heavy atom. The van der Waals surface area contributed by atoms with E-state index in [9.17, 15) is 4.79 Å². The fraction of sp³-hybridized carbons (Fsp3) is 0.500. The second-order valence-corrected chi connectivity index (χ2v) is 5.83. The number of piperidine rings is 1. The molecule has 0 aromatic heterocycles. The van der Waals surface area contributed by atoms with Crippen molar-refractivity contribution in [3.8, 4) is 0 Å². The Hall–Kier alpha value is -0.870. The minimum atomic E-state index is -0.646. The van der Waals surface area contributed by atoms with Crippen LogP contribution in [0.3, 0.4) is 0 Å². The molecule has 1 aliphatic rings. The van der Waals surface area contributed by atoms with Gasteiger partial charge in [0.15, 0.2) is 0 Å². The zero-order valence-electron chi connectivity index (χ0n) is 10.5. The van der Waals surface area contributed by atoms with Crippen molar-refractivity contribution in [2.45, 2.75) is 26.3 Å². The number of carboxylic acid groups (broad SMARTS) is 1. The number of aryl methyl sites for hydroxylation is 1. The lowest BCUT2D eigenvalue weighted by Gasteiger charge is -2.30. The first-order chi connectivity index (χ1) is 8.56. The van der Waals surface area contributed by atoms with Crippen molar-refractivity contribution in [3.05, 3.63) is 33.8 Å². The molecule has 4 heteroatoms. The van der Waals surface area contributed by atoms with Crippen molar-refractivity contribution in [2.24, 2.45) is 5.92 Å². The highest BCUT2D eigenvalue weighted by Gasteiger charge is 2.24. The summed E-state index contributed by atoms with van der Waals surface area (Å²) in [5, 5.41) is 8.96. The van der Waals surface area contributed by atoms with Crippen LogP contribution in [0.5, 0.6) is 0 Å². The van der Waals surface area contributed by atoms with E-state index in [0.29, 0.717) is 0 Å². The molecule has 0 radical (unpaired) electrons. The van der Waals surface area contributed by atoms with E-state index in [1.165, 1.54) is 11.1 Å². The molecule has 1 aliphatic heterocycles. The highest BCUT2D eigenvalue weighted by atomic mass is 79.9. The van der Waals surface area contributed by atoms with Crippen LogP contribution in [0.15, 0.2) is 22.7 Å². The predicted octanol–water partition coefficient (Wildman–Crippen LogP) is 3.05. The average molecular weight is 312 g/mol. The number of halogens is 1. The van der Waals surface area contributed by atoms with Gasteiger partial charge in [0.2, 0.25) is 0 Å². The van der Waals surface area contributed by atoms with Crippen LogP contribution in [-0.4, -0.2) is 29.1 Å².